The fourth-order valence-electron chi connectivity index (χ4n) is 2.82. The molecule has 0 spiro atoms. The van der Waals surface area contributed by atoms with Crippen LogP contribution < -0.4 is 10.6 Å². The van der Waals surface area contributed by atoms with Gasteiger partial charge >= 0.3 is 0 Å². The van der Waals surface area contributed by atoms with Crippen LogP contribution in [-0.4, -0.2) is 32.1 Å². The number of hydrogen-bond acceptors (Lipinski definition) is 3. The summed E-state index contributed by atoms with van der Waals surface area (Å²) in [4.78, 5) is 24.2. The number of hydrogen-bond donors (Lipinski definition) is 2. The zero-order valence-electron chi connectivity index (χ0n) is 13.3. The molecule has 2 rings (SSSR count). The van der Waals surface area contributed by atoms with Crippen LogP contribution in [0.15, 0.2) is 24.3 Å². The highest BCUT2D eigenvalue weighted by Gasteiger charge is 2.29. The van der Waals surface area contributed by atoms with Crippen molar-refractivity contribution in [2.45, 2.75) is 25.7 Å². The number of methoxy groups -OCH3 is 1. The van der Waals surface area contributed by atoms with E-state index < -0.39 is 0 Å². The van der Waals surface area contributed by atoms with Crippen LogP contribution in [0.4, 0.5) is 10.1 Å². The molecule has 1 saturated carbocycles. The lowest BCUT2D eigenvalue weighted by Gasteiger charge is -2.27. The van der Waals surface area contributed by atoms with Gasteiger partial charge in [-0.15, -0.1) is 0 Å². The lowest BCUT2D eigenvalue weighted by Crippen LogP contribution is -2.36. The van der Waals surface area contributed by atoms with Crippen molar-refractivity contribution in [2.24, 2.45) is 11.8 Å². The minimum absolute atomic E-state index is 0.0262. The van der Waals surface area contributed by atoms with Crippen molar-refractivity contribution in [3.8, 4) is 0 Å². The molecule has 0 unspecified atom stereocenters. The molecule has 6 heteroatoms. The maximum absolute atomic E-state index is 12.9. The number of halogens is 1. The highest BCUT2D eigenvalue weighted by molar-refractivity contribution is 5.92. The molecule has 0 atom stereocenters. The van der Waals surface area contributed by atoms with Crippen molar-refractivity contribution < 1.29 is 18.7 Å². The van der Waals surface area contributed by atoms with E-state index in [1.165, 1.54) is 12.1 Å². The summed E-state index contributed by atoms with van der Waals surface area (Å²) in [6.45, 7) is 1.02. The second kappa shape index (κ2) is 8.62. The number of ether oxygens (including phenoxy) is 1. The van der Waals surface area contributed by atoms with Gasteiger partial charge in [-0.2, -0.15) is 0 Å². The second-order valence-electron chi connectivity index (χ2n) is 5.83. The lowest BCUT2D eigenvalue weighted by atomic mass is 9.81. The third-order valence-corrected chi connectivity index (χ3v) is 4.19. The molecule has 5 nitrogen and oxygen atoms in total. The molecule has 1 aliphatic carbocycles. The Morgan fingerprint density at radius 3 is 2.22 bits per heavy atom. The van der Waals surface area contributed by atoms with Crippen LogP contribution in [-0.2, 0) is 14.3 Å². The number of benzene rings is 1. The van der Waals surface area contributed by atoms with Crippen LogP contribution in [0.2, 0.25) is 0 Å². The Morgan fingerprint density at radius 2 is 1.65 bits per heavy atom. The Balaban J connectivity index is 1.76. The van der Waals surface area contributed by atoms with Crippen molar-refractivity contribution >= 4 is 17.5 Å². The van der Waals surface area contributed by atoms with Gasteiger partial charge in [-0.3, -0.25) is 9.59 Å². The van der Waals surface area contributed by atoms with Crippen molar-refractivity contribution in [3.05, 3.63) is 30.1 Å². The minimum atomic E-state index is -0.331. The first-order chi connectivity index (χ1) is 11.1. The smallest absolute Gasteiger partial charge is 0.227 e. The van der Waals surface area contributed by atoms with Crippen LogP contribution in [0.25, 0.3) is 0 Å². The molecule has 0 bridgehead atoms. The molecule has 126 valence electrons. The van der Waals surface area contributed by atoms with Crippen LogP contribution in [0.3, 0.4) is 0 Å². The van der Waals surface area contributed by atoms with Gasteiger partial charge in [-0.25, -0.2) is 4.39 Å². The molecule has 0 aromatic heterocycles. The van der Waals surface area contributed by atoms with E-state index in [4.69, 9.17) is 4.74 Å². The SMILES string of the molecule is COCCNC(=O)C1CCC(C(=O)Nc2ccc(F)cc2)CC1. The molecule has 2 amide bonds. The van der Waals surface area contributed by atoms with Gasteiger partial charge < -0.3 is 15.4 Å². The quantitative estimate of drug-likeness (QED) is 0.790. The van der Waals surface area contributed by atoms with Gasteiger partial charge in [0.25, 0.3) is 0 Å². The maximum Gasteiger partial charge on any atom is 0.227 e. The fourth-order valence-corrected chi connectivity index (χ4v) is 2.82. The average molecular weight is 322 g/mol. The highest BCUT2D eigenvalue weighted by atomic mass is 19.1. The van der Waals surface area contributed by atoms with E-state index in [-0.39, 0.29) is 29.5 Å². The van der Waals surface area contributed by atoms with Gasteiger partial charge in [0.15, 0.2) is 0 Å². The van der Waals surface area contributed by atoms with E-state index in [1.807, 2.05) is 0 Å². The summed E-state index contributed by atoms with van der Waals surface area (Å²) in [6.07, 6.45) is 2.80. The summed E-state index contributed by atoms with van der Waals surface area (Å²) < 4.78 is 17.8. The number of anilines is 1. The summed E-state index contributed by atoms with van der Waals surface area (Å²) in [5.41, 5.74) is 0.593. The van der Waals surface area contributed by atoms with Gasteiger partial charge in [0.2, 0.25) is 11.8 Å². The average Bonchev–Trinajstić information content (AvgIpc) is 2.57. The first-order valence-corrected chi connectivity index (χ1v) is 7.93. The van der Waals surface area contributed by atoms with Crippen molar-refractivity contribution in [1.29, 1.82) is 0 Å². The van der Waals surface area contributed by atoms with Crippen molar-refractivity contribution in [3.63, 3.8) is 0 Å². The largest absolute Gasteiger partial charge is 0.383 e. The summed E-state index contributed by atoms with van der Waals surface area (Å²) in [5.74, 6) is -0.470. The zero-order valence-corrected chi connectivity index (χ0v) is 13.3. The molecular formula is C17H23FN2O3. The van der Waals surface area contributed by atoms with Gasteiger partial charge in [0.1, 0.15) is 5.82 Å². The predicted octanol–water partition coefficient (Wildman–Crippen LogP) is 2.33. The van der Waals surface area contributed by atoms with E-state index in [0.717, 1.165) is 0 Å². The molecule has 0 saturated heterocycles. The molecule has 1 aromatic rings. The molecule has 0 aliphatic heterocycles. The molecule has 1 aromatic carbocycles. The van der Waals surface area contributed by atoms with Crippen LogP contribution in [0.1, 0.15) is 25.7 Å². The van der Waals surface area contributed by atoms with Crippen LogP contribution >= 0.6 is 0 Å². The highest BCUT2D eigenvalue weighted by Crippen LogP contribution is 2.29. The van der Waals surface area contributed by atoms with Gasteiger partial charge in [0.05, 0.1) is 6.61 Å². The molecule has 2 N–H and O–H groups in total. The van der Waals surface area contributed by atoms with Crippen molar-refractivity contribution in [1.82, 2.24) is 5.32 Å². The molecule has 1 aliphatic rings. The monoisotopic (exact) mass is 322 g/mol. The van der Waals surface area contributed by atoms with E-state index in [0.29, 0.717) is 44.5 Å². The summed E-state index contributed by atoms with van der Waals surface area (Å²) >= 11 is 0. The molecule has 0 heterocycles. The van der Waals surface area contributed by atoms with Crippen LogP contribution in [0, 0.1) is 17.7 Å². The zero-order chi connectivity index (χ0) is 16.7. The van der Waals surface area contributed by atoms with E-state index in [1.54, 1.807) is 19.2 Å². The summed E-state index contributed by atoms with van der Waals surface area (Å²) in [6, 6.07) is 5.72. The van der Waals surface area contributed by atoms with E-state index >= 15 is 0 Å². The Kier molecular flexibility index (Phi) is 6.52. The Morgan fingerprint density at radius 1 is 1.09 bits per heavy atom. The van der Waals surface area contributed by atoms with Crippen molar-refractivity contribution in [2.75, 3.05) is 25.6 Å². The Hall–Kier alpha value is -1.95. The van der Waals surface area contributed by atoms with E-state index in [9.17, 15) is 14.0 Å². The van der Waals surface area contributed by atoms with Gasteiger partial charge in [-0.1, -0.05) is 0 Å². The standard InChI is InChI=1S/C17H23FN2O3/c1-23-11-10-19-16(21)12-2-4-13(5-3-12)17(22)20-15-8-6-14(18)7-9-15/h6-9,12-13H,2-5,10-11H2,1H3,(H,19,21)(H,20,22). The summed E-state index contributed by atoms with van der Waals surface area (Å²) in [7, 11) is 1.59. The lowest BCUT2D eigenvalue weighted by molar-refractivity contribution is -0.128. The minimum Gasteiger partial charge on any atom is -0.383 e. The third kappa shape index (κ3) is 5.32. The second-order valence-corrected chi connectivity index (χ2v) is 5.83. The normalized spacial score (nSPS) is 20.8. The van der Waals surface area contributed by atoms with E-state index in [2.05, 4.69) is 10.6 Å². The maximum atomic E-state index is 12.9. The first kappa shape index (κ1) is 17.4. The first-order valence-electron chi connectivity index (χ1n) is 7.93. The number of carbonyl (C=O) groups excluding carboxylic acids is 2. The van der Waals surface area contributed by atoms with Crippen LogP contribution in [0.5, 0.6) is 0 Å². The Bertz CT molecular complexity index is 525. The van der Waals surface area contributed by atoms with Gasteiger partial charge in [-0.05, 0) is 49.9 Å². The number of nitrogens with one attached hydrogen (secondary N) is 2. The summed E-state index contributed by atoms with van der Waals surface area (Å²) in [5, 5.41) is 5.64. The molecule has 23 heavy (non-hydrogen) atoms. The molecule has 0 radical (unpaired) electrons. The number of carbonyl (C=O) groups is 2. The predicted molar refractivity (Wildman–Crippen MR) is 85.4 cm³/mol. The molecule has 1 fully saturated rings. The molecular weight excluding hydrogens is 299 g/mol. The number of amides is 2. The topological polar surface area (TPSA) is 67.4 Å². The number of rotatable bonds is 6. The Labute approximate surface area is 135 Å². The fraction of sp³-hybridized carbons (Fsp3) is 0.529. The third-order valence-electron chi connectivity index (χ3n) is 4.19. The van der Waals surface area contributed by atoms with Gasteiger partial charge in [0, 0.05) is 31.2 Å².